The molecule has 4 heteroatoms. The minimum atomic E-state index is -2.21. The van der Waals surface area contributed by atoms with E-state index in [1.807, 2.05) is 24.3 Å². The third kappa shape index (κ3) is 3.18. The molecule has 0 aliphatic heterocycles. The third-order valence-electron chi connectivity index (χ3n) is 5.05. The summed E-state index contributed by atoms with van der Waals surface area (Å²) >= 11 is 0. The fraction of sp³-hybridized carbons (Fsp3) is 0.400. The minimum Gasteiger partial charge on any atom is -0.222 e. The molecule has 2 aliphatic rings. The van der Waals surface area contributed by atoms with Crippen LogP contribution in [0.15, 0.2) is 36.4 Å². The molecule has 0 aromatic heterocycles. The van der Waals surface area contributed by atoms with Crippen LogP contribution in [-0.4, -0.2) is 0 Å². The first kappa shape index (κ1) is 15.7. The molecule has 2 aromatic rings. The Morgan fingerprint density at radius 3 is 1.62 bits per heavy atom. The summed E-state index contributed by atoms with van der Waals surface area (Å²) in [4.78, 5) is 0. The summed E-state index contributed by atoms with van der Waals surface area (Å²) < 4.78 is 23.8. The second-order valence-electron chi connectivity index (χ2n) is 6.61. The van der Waals surface area contributed by atoms with Crippen molar-refractivity contribution in [3.8, 4) is 11.5 Å². The zero-order valence-electron chi connectivity index (χ0n) is 13.8. The first-order valence-corrected chi connectivity index (χ1v) is 9.95. The van der Waals surface area contributed by atoms with E-state index in [0.29, 0.717) is 0 Å². The maximum atomic E-state index is 12.5. The Labute approximate surface area is 144 Å². The topological polar surface area (TPSA) is 35.5 Å². The smallest absolute Gasteiger partial charge is 0.222 e. The molecule has 0 fully saturated rings. The van der Waals surface area contributed by atoms with Crippen LogP contribution in [0.25, 0.3) is 0 Å². The van der Waals surface area contributed by atoms with Crippen molar-refractivity contribution in [2.45, 2.75) is 51.4 Å². The van der Waals surface area contributed by atoms with Crippen LogP contribution in [0.4, 0.5) is 0 Å². The number of aryl methyl sites for hydroxylation is 2. The Kier molecular flexibility index (Phi) is 4.53. The highest BCUT2D eigenvalue weighted by atomic mass is 31.1. The van der Waals surface area contributed by atoms with Gasteiger partial charge in [-0.25, -0.2) is 9.05 Å². The van der Waals surface area contributed by atoms with Crippen molar-refractivity contribution in [2.75, 3.05) is 0 Å². The van der Waals surface area contributed by atoms with Crippen LogP contribution < -0.4 is 9.05 Å². The van der Waals surface area contributed by atoms with Gasteiger partial charge in [0.1, 0.15) is 0 Å². The van der Waals surface area contributed by atoms with E-state index < -0.39 is 8.25 Å². The van der Waals surface area contributed by atoms with Crippen molar-refractivity contribution in [2.24, 2.45) is 0 Å². The van der Waals surface area contributed by atoms with Gasteiger partial charge in [0, 0.05) is 15.7 Å². The lowest BCUT2D eigenvalue weighted by atomic mass is 9.91. The molecule has 0 saturated carbocycles. The number of hydrogen-bond donors (Lipinski definition) is 0. The Morgan fingerprint density at radius 2 is 1.12 bits per heavy atom. The van der Waals surface area contributed by atoms with Crippen molar-refractivity contribution in [1.29, 1.82) is 0 Å². The second kappa shape index (κ2) is 6.94. The van der Waals surface area contributed by atoms with Gasteiger partial charge in [0.05, 0.1) is 0 Å². The Morgan fingerprint density at radius 1 is 0.667 bits per heavy atom. The fourth-order valence-electron chi connectivity index (χ4n) is 3.84. The van der Waals surface area contributed by atoms with E-state index in [-0.39, 0.29) is 0 Å². The van der Waals surface area contributed by atoms with Gasteiger partial charge in [0.15, 0.2) is 11.5 Å². The average Bonchev–Trinajstić information content (AvgIpc) is 2.62. The molecule has 0 amide bonds. The molecular formula is C20H22O3P+. The first-order valence-electron chi connectivity index (χ1n) is 8.86. The maximum absolute atomic E-state index is 12.5. The third-order valence-corrected chi connectivity index (χ3v) is 5.74. The molecule has 2 aromatic carbocycles. The van der Waals surface area contributed by atoms with Gasteiger partial charge < -0.3 is 0 Å². The summed E-state index contributed by atoms with van der Waals surface area (Å²) in [6.07, 6.45) is 8.91. The predicted molar refractivity (Wildman–Crippen MR) is 95.0 cm³/mol. The van der Waals surface area contributed by atoms with E-state index in [4.69, 9.17) is 9.05 Å². The molecule has 0 saturated heterocycles. The minimum absolute atomic E-state index is 0.720. The quantitative estimate of drug-likeness (QED) is 0.683. The van der Waals surface area contributed by atoms with Crippen molar-refractivity contribution < 1.29 is 13.6 Å². The van der Waals surface area contributed by atoms with E-state index in [1.54, 1.807) is 0 Å². The lowest BCUT2D eigenvalue weighted by molar-refractivity contribution is 0.409. The van der Waals surface area contributed by atoms with Crippen LogP contribution >= 0.6 is 8.25 Å². The van der Waals surface area contributed by atoms with Gasteiger partial charge >= 0.3 is 8.25 Å². The molecule has 3 nitrogen and oxygen atoms in total. The lowest BCUT2D eigenvalue weighted by Crippen LogP contribution is -2.06. The van der Waals surface area contributed by atoms with Crippen LogP contribution in [0.2, 0.25) is 0 Å². The Hall–Kier alpha value is -1.86. The summed E-state index contributed by atoms with van der Waals surface area (Å²) in [5, 5.41) is 0. The van der Waals surface area contributed by atoms with Gasteiger partial charge in [0.2, 0.25) is 0 Å². The highest BCUT2D eigenvalue weighted by molar-refractivity contribution is 7.34. The van der Waals surface area contributed by atoms with Gasteiger partial charge in [-0.2, -0.15) is 0 Å². The van der Waals surface area contributed by atoms with E-state index in [1.165, 1.54) is 35.1 Å². The lowest BCUT2D eigenvalue weighted by Gasteiger charge is -2.17. The van der Waals surface area contributed by atoms with Crippen LogP contribution in [-0.2, 0) is 30.2 Å². The van der Waals surface area contributed by atoms with Crippen LogP contribution in [0, 0.1) is 0 Å². The Bertz CT molecular complexity index is 706. The molecule has 0 unspecified atom stereocenters. The molecule has 4 rings (SSSR count). The van der Waals surface area contributed by atoms with Gasteiger partial charge in [-0.05, 0) is 74.6 Å². The summed E-state index contributed by atoms with van der Waals surface area (Å²) in [6.45, 7) is 0. The van der Waals surface area contributed by atoms with E-state index >= 15 is 0 Å². The molecule has 0 heterocycles. The van der Waals surface area contributed by atoms with Gasteiger partial charge in [-0.15, -0.1) is 0 Å². The average molecular weight is 341 g/mol. The summed E-state index contributed by atoms with van der Waals surface area (Å²) in [5.41, 5.74) is 5.04. The normalized spacial score (nSPS) is 16.0. The molecule has 0 atom stereocenters. The summed E-state index contributed by atoms with van der Waals surface area (Å²) in [7, 11) is -2.21. The highest BCUT2D eigenvalue weighted by Crippen LogP contribution is 2.39. The monoisotopic (exact) mass is 341 g/mol. The van der Waals surface area contributed by atoms with E-state index in [2.05, 4.69) is 12.1 Å². The molecule has 0 radical (unpaired) electrons. The SMILES string of the molecule is O=[P+](Oc1cccc2c1CCCC2)Oc1cccc2c1CCCC2. The van der Waals surface area contributed by atoms with Crippen molar-refractivity contribution in [3.05, 3.63) is 58.7 Å². The fourth-order valence-corrected chi connectivity index (χ4v) is 4.54. The predicted octanol–water partition coefficient (Wildman–Crippen LogP) is 5.56. The van der Waals surface area contributed by atoms with Crippen molar-refractivity contribution in [3.63, 3.8) is 0 Å². The van der Waals surface area contributed by atoms with Crippen LogP contribution in [0.3, 0.4) is 0 Å². The second-order valence-corrected chi connectivity index (χ2v) is 7.42. The number of benzene rings is 2. The van der Waals surface area contributed by atoms with Crippen LogP contribution in [0.5, 0.6) is 11.5 Å². The van der Waals surface area contributed by atoms with Crippen LogP contribution in [0.1, 0.15) is 47.9 Å². The van der Waals surface area contributed by atoms with Gasteiger partial charge in [0.25, 0.3) is 0 Å². The summed E-state index contributed by atoms with van der Waals surface area (Å²) in [5.74, 6) is 1.44. The van der Waals surface area contributed by atoms with Crippen molar-refractivity contribution in [1.82, 2.24) is 0 Å². The van der Waals surface area contributed by atoms with E-state index in [9.17, 15) is 4.57 Å². The molecule has 0 bridgehead atoms. The first-order chi connectivity index (χ1) is 11.8. The van der Waals surface area contributed by atoms with Gasteiger partial charge in [-0.3, -0.25) is 0 Å². The molecule has 0 N–H and O–H groups in total. The maximum Gasteiger partial charge on any atom is 0.805 e. The number of rotatable bonds is 4. The van der Waals surface area contributed by atoms with Crippen molar-refractivity contribution >= 4 is 8.25 Å². The zero-order valence-corrected chi connectivity index (χ0v) is 14.7. The number of fused-ring (bicyclic) bond motifs is 2. The highest BCUT2D eigenvalue weighted by Gasteiger charge is 2.29. The number of hydrogen-bond acceptors (Lipinski definition) is 3. The largest absolute Gasteiger partial charge is 0.805 e. The van der Waals surface area contributed by atoms with Gasteiger partial charge in [-0.1, -0.05) is 24.3 Å². The molecule has 0 spiro atoms. The Balaban J connectivity index is 1.52. The molecule has 2 aliphatic carbocycles. The zero-order chi connectivity index (χ0) is 16.4. The van der Waals surface area contributed by atoms with E-state index in [0.717, 1.165) is 50.0 Å². The molecule has 124 valence electrons. The molecular weight excluding hydrogens is 319 g/mol. The standard InChI is InChI=1S/C20H22O3P/c21-24(22-19-13-5-9-15-7-1-3-11-17(15)19)23-20-14-6-10-16-8-2-4-12-18(16)20/h5-6,9-10,13-14H,1-4,7-8,11-12H2/q+1. The molecule has 24 heavy (non-hydrogen) atoms. The summed E-state index contributed by atoms with van der Waals surface area (Å²) in [6, 6.07) is 12.0.